The third-order valence-electron chi connectivity index (χ3n) is 2.70. The van der Waals surface area contributed by atoms with E-state index in [0.29, 0.717) is 0 Å². The van der Waals surface area contributed by atoms with Gasteiger partial charge < -0.3 is 0 Å². The summed E-state index contributed by atoms with van der Waals surface area (Å²) in [5.41, 5.74) is 4.31. The van der Waals surface area contributed by atoms with Crippen molar-refractivity contribution in [2.75, 3.05) is 0 Å². The predicted octanol–water partition coefficient (Wildman–Crippen LogP) is 2.24. The van der Waals surface area contributed by atoms with Crippen LogP contribution in [0.5, 0.6) is 0 Å². The number of hydrazone groups is 1. The molecule has 0 aliphatic heterocycles. The molecule has 2 rings (SSSR count). The fourth-order valence-corrected chi connectivity index (χ4v) is 1.63. The number of nitrogens with zero attached hydrogens (tertiary/aromatic N) is 1. The van der Waals surface area contributed by atoms with E-state index in [0.717, 1.165) is 24.0 Å². The highest BCUT2D eigenvalue weighted by molar-refractivity contribution is 5.84. The van der Waals surface area contributed by atoms with Crippen molar-refractivity contribution in [3.8, 4) is 0 Å². The number of carbonyl (C=O) groups excluding carboxylic acids is 1. The van der Waals surface area contributed by atoms with Gasteiger partial charge in [0.2, 0.25) is 5.91 Å². The summed E-state index contributed by atoms with van der Waals surface area (Å²) < 4.78 is 12.6. The van der Waals surface area contributed by atoms with Crippen LogP contribution in [0.4, 0.5) is 4.39 Å². The lowest BCUT2D eigenvalue weighted by atomic mass is 9.81. The summed E-state index contributed by atoms with van der Waals surface area (Å²) in [6.07, 6.45) is 2.99. The molecule has 1 aromatic carbocycles. The monoisotopic (exact) mass is 232 g/mol. The summed E-state index contributed by atoms with van der Waals surface area (Å²) in [5, 5.41) is 3.82. The first-order valence-electron chi connectivity index (χ1n) is 5.40. The maximum atomic E-state index is 12.6. The Morgan fingerprint density at radius 3 is 2.65 bits per heavy atom. The number of hydrogen-bond donors (Lipinski definition) is 1. The van der Waals surface area contributed by atoms with Crippen LogP contribution in [0.2, 0.25) is 0 Å². The highest BCUT2D eigenvalue weighted by Crippen LogP contribution is 2.31. The van der Waals surface area contributed by atoms with Gasteiger partial charge in [-0.05, 0) is 30.5 Å². The lowest BCUT2D eigenvalue weighted by molar-refractivity contribution is -0.126. The Balaban J connectivity index is 1.83. The van der Waals surface area contributed by atoms with Crippen molar-refractivity contribution >= 4 is 12.1 Å². The first-order chi connectivity index (χ1) is 8.15. The smallest absolute Gasteiger partial charge is 0.243 e. The summed E-state index contributed by atoms with van der Waals surface area (Å²) in [6, 6.07) is 5.88. The molecule has 17 heavy (non-hydrogen) atoms. The van der Waals surface area contributed by atoms with Crippen LogP contribution in [-0.2, 0) is 4.79 Å². The van der Waals surface area contributed by atoms with Crippen molar-refractivity contribution in [3.63, 3.8) is 0 Å². The molecule has 0 atom stereocenters. The van der Waals surface area contributed by atoms with E-state index in [-0.39, 0.29) is 17.6 Å². The second-order valence-corrected chi connectivity index (χ2v) is 4.14. The second kappa shape index (κ2) is 4.91. The number of nitrogens with one attached hydrogen (secondary N) is 1. The standard InChI is InChI=1S/C13H13FN2O/c1-9-6-11(7-9)13(17)16-15-8-10-2-4-12(14)5-3-10/h2-5,8,11H,1,6-7H2,(H,16,17)/b15-8-. The van der Waals surface area contributed by atoms with Gasteiger partial charge in [-0.2, -0.15) is 5.10 Å². The minimum atomic E-state index is -0.292. The molecule has 88 valence electrons. The van der Waals surface area contributed by atoms with Gasteiger partial charge in [-0.3, -0.25) is 4.79 Å². The van der Waals surface area contributed by atoms with Crippen molar-refractivity contribution in [1.82, 2.24) is 5.43 Å². The zero-order chi connectivity index (χ0) is 12.3. The Kier molecular flexibility index (Phi) is 3.32. The SMILES string of the molecule is C=C1CC(C(=O)N/N=C\c2ccc(F)cc2)C1. The number of halogens is 1. The molecule has 0 saturated heterocycles. The van der Waals surface area contributed by atoms with Crippen molar-refractivity contribution in [2.24, 2.45) is 11.0 Å². The Bertz CT molecular complexity index is 457. The molecule has 1 amide bonds. The summed E-state index contributed by atoms with van der Waals surface area (Å²) in [5.74, 6) is -0.372. The molecule has 1 aliphatic rings. The van der Waals surface area contributed by atoms with Crippen LogP contribution in [-0.4, -0.2) is 12.1 Å². The molecule has 0 radical (unpaired) electrons. The second-order valence-electron chi connectivity index (χ2n) is 4.14. The Labute approximate surface area is 99.0 Å². The van der Waals surface area contributed by atoms with E-state index < -0.39 is 0 Å². The van der Waals surface area contributed by atoms with Crippen molar-refractivity contribution in [1.29, 1.82) is 0 Å². The van der Waals surface area contributed by atoms with Gasteiger partial charge in [0.05, 0.1) is 6.21 Å². The largest absolute Gasteiger partial charge is 0.273 e. The van der Waals surface area contributed by atoms with E-state index >= 15 is 0 Å². The zero-order valence-corrected chi connectivity index (χ0v) is 9.32. The molecule has 0 spiro atoms. The summed E-state index contributed by atoms with van der Waals surface area (Å²) in [7, 11) is 0. The van der Waals surface area contributed by atoms with Crippen molar-refractivity contribution in [3.05, 3.63) is 47.8 Å². The van der Waals surface area contributed by atoms with E-state index in [1.54, 1.807) is 12.1 Å². The Morgan fingerprint density at radius 2 is 2.06 bits per heavy atom. The molecule has 0 heterocycles. The molecule has 1 saturated carbocycles. The van der Waals surface area contributed by atoms with Gasteiger partial charge in [-0.25, -0.2) is 9.82 Å². The van der Waals surface area contributed by atoms with E-state index in [9.17, 15) is 9.18 Å². The van der Waals surface area contributed by atoms with Gasteiger partial charge in [0, 0.05) is 5.92 Å². The van der Waals surface area contributed by atoms with Gasteiger partial charge in [0.25, 0.3) is 0 Å². The number of carbonyl (C=O) groups is 1. The zero-order valence-electron chi connectivity index (χ0n) is 9.32. The molecule has 3 nitrogen and oxygen atoms in total. The molecule has 0 unspecified atom stereocenters. The summed E-state index contributed by atoms with van der Waals surface area (Å²) in [6.45, 7) is 3.78. The van der Waals surface area contributed by atoms with E-state index in [1.807, 2.05) is 0 Å². The first kappa shape index (κ1) is 11.5. The van der Waals surface area contributed by atoms with Crippen molar-refractivity contribution < 1.29 is 9.18 Å². The molecule has 0 aromatic heterocycles. The number of amides is 1. The number of hydrogen-bond acceptors (Lipinski definition) is 2. The van der Waals surface area contributed by atoms with Gasteiger partial charge in [-0.1, -0.05) is 24.3 Å². The molecular formula is C13H13FN2O. The van der Waals surface area contributed by atoms with Crippen LogP contribution in [0.15, 0.2) is 41.5 Å². The van der Waals surface area contributed by atoms with Gasteiger partial charge in [0.1, 0.15) is 5.82 Å². The van der Waals surface area contributed by atoms with Crippen LogP contribution in [0.3, 0.4) is 0 Å². The highest BCUT2D eigenvalue weighted by atomic mass is 19.1. The van der Waals surface area contributed by atoms with Crippen LogP contribution < -0.4 is 5.43 Å². The average molecular weight is 232 g/mol. The molecule has 1 fully saturated rings. The molecule has 1 N–H and O–H groups in total. The van der Waals surface area contributed by atoms with Crippen LogP contribution in [0, 0.1) is 11.7 Å². The average Bonchev–Trinajstić information content (AvgIpc) is 2.27. The van der Waals surface area contributed by atoms with Gasteiger partial charge >= 0.3 is 0 Å². The third-order valence-corrected chi connectivity index (χ3v) is 2.70. The fraction of sp³-hybridized carbons (Fsp3) is 0.231. The normalized spacial score (nSPS) is 15.9. The molecule has 1 aromatic rings. The highest BCUT2D eigenvalue weighted by Gasteiger charge is 2.27. The van der Waals surface area contributed by atoms with Crippen molar-refractivity contribution in [2.45, 2.75) is 12.8 Å². The predicted molar refractivity (Wildman–Crippen MR) is 64.0 cm³/mol. The quantitative estimate of drug-likeness (QED) is 0.484. The van der Waals surface area contributed by atoms with Crippen LogP contribution in [0.1, 0.15) is 18.4 Å². The van der Waals surface area contributed by atoms with E-state index in [4.69, 9.17) is 0 Å². The minimum Gasteiger partial charge on any atom is -0.273 e. The molecule has 1 aliphatic carbocycles. The summed E-state index contributed by atoms with van der Waals surface area (Å²) >= 11 is 0. The van der Waals surface area contributed by atoms with Crippen LogP contribution >= 0.6 is 0 Å². The number of allylic oxidation sites excluding steroid dienone is 1. The molecular weight excluding hydrogens is 219 g/mol. The fourth-order valence-electron chi connectivity index (χ4n) is 1.63. The molecule has 0 bridgehead atoms. The lowest BCUT2D eigenvalue weighted by Crippen LogP contribution is -2.32. The van der Waals surface area contributed by atoms with Crippen LogP contribution in [0.25, 0.3) is 0 Å². The summed E-state index contributed by atoms with van der Waals surface area (Å²) in [4.78, 5) is 11.5. The third kappa shape index (κ3) is 3.00. The first-order valence-corrected chi connectivity index (χ1v) is 5.40. The Hall–Kier alpha value is -1.97. The maximum absolute atomic E-state index is 12.6. The molecule has 4 heteroatoms. The topological polar surface area (TPSA) is 41.5 Å². The minimum absolute atomic E-state index is 0.00729. The lowest BCUT2D eigenvalue weighted by Gasteiger charge is -2.25. The van der Waals surface area contributed by atoms with E-state index in [1.165, 1.54) is 18.3 Å². The van der Waals surface area contributed by atoms with Gasteiger partial charge in [-0.15, -0.1) is 0 Å². The van der Waals surface area contributed by atoms with Gasteiger partial charge in [0.15, 0.2) is 0 Å². The van der Waals surface area contributed by atoms with E-state index in [2.05, 4.69) is 17.1 Å². The maximum Gasteiger partial charge on any atom is 0.243 e. The number of rotatable bonds is 3. The Morgan fingerprint density at radius 1 is 1.41 bits per heavy atom. The number of benzene rings is 1.